The van der Waals surface area contributed by atoms with Gasteiger partial charge in [-0.3, -0.25) is 9.59 Å². The fourth-order valence-corrected chi connectivity index (χ4v) is 1.72. The van der Waals surface area contributed by atoms with Crippen LogP contribution in [0, 0.1) is 0 Å². The molecule has 1 rings (SSSR count). The minimum Gasteiger partial charge on any atom is -0.465 e. The fourth-order valence-electron chi connectivity index (χ4n) is 1.61. The average Bonchev–Trinajstić information content (AvgIpc) is 2.29. The van der Waals surface area contributed by atoms with Crippen molar-refractivity contribution < 1.29 is 14.3 Å². The van der Waals surface area contributed by atoms with Crippen LogP contribution in [0.15, 0.2) is 30.3 Å². The van der Waals surface area contributed by atoms with Crippen LogP contribution in [0.5, 0.6) is 0 Å². The van der Waals surface area contributed by atoms with E-state index >= 15 is 0 Å². The van der Waals surface area contributed by atoms with E-state index in [0.29, 0.717) is 5.56 Å². The molecule has 98 valence electrons. The number of alkyl halides is 1. The molecule has 0 N–H and O–H groups in total. The van der Waals surface area contributed by atoms with E-state index in [1.165, 1.54) is 0 Å². The van der Waals surface area contributed by atoms with E-state index in [0.717, 1.165) is 0 Å². The van der Waals surface area contributed by atoms with Crippen molar-refractivity contribution in [1.29, 1.82) is 0 Å². The first-order valence-corrected chi connectivity index (χ1v) is 6.20. The lowest BCUT2D eigenvalue weighted by Crippen LogP contribution is -2.35. The minimum absolute atomic E-state index is 0.234. The lowest BCUT2D eigenvalue weighted by molar-refractivity contribution is -0.148. The van der Waals surface area contributed by atoms with Crippen LogP contribution in [0.2, 0.25) is 0 Å². The number of carbonyl (C=O) groups excluding carboxylic acids is 2. The third-order valence-electron chi connectivity index (χ3n) is 2.50. The lowest BCUT2D eigenvalue weighted by atomic mass is 9.88. The predicted molar refractivity (Wildman–Crippen MR) is 70.8 cm³/mol. The van der Waals surface area contributed by atoms with Gasteiger partial charge in [-0.15, -0.1) is 11.6 Å². The molecule has 0 aliphatic carbocycles. The summed E-state index contributed by atoms with van der Waals surface area (Å²) < 4.78 is 4.96. The van der Waals surface area contributed by atoms with Gasteiger partial charge in [0.15, 0.2) is 5.78 Å². The summed E-state index contributed by atoms with van der Waals surface area (Å²) in [6, 6.07) is 8.82. The van der Waals surface area contributed by atoms with Crippen LogP contribution in [0.25, 0.3) is 0 Å². The Bertz CT molecular complexity index is 420. The van der Waals surface area contributed by atoms with Crippen LogP contribution in [-0.4, -0.2) is 23.2 Å². The van der Waals surface area contributed by atoms with Gasteiger partial charge in [0.2, 0.25) is 0 Å². The molecule has 0 aromatic heterocycles. The van der Waals surface area contributed by atoms with Crippen molar-refractivity contribution in [2.75, 3.05) is 6.61 Å². The molecule has 1 aromatic carbocycles. The molecular formula is C14H17ClO3. The molecule has 1 aromatic rings. The molecule has 18 heavy (non-hydrogen) atoms. The topological polar surface area (TPSA) is 43.4 Å². The Labute approximate surface area is 112 Å². The summed E-state index contributed by atoms with van der Waals surface area (Å²) in [5.41, 5.74) is 0.606. The molecule has 1 unspecified atom stereocenters. The monoisotopic (exact) mass is 268 g/mol. The van der Waals surface area contributed by atoms with Crippen molar-refractivity contribution in [3.05, 3.63) is 35.9 Å². The molecule has 0 saturated carbocycles. The summed E-state index contributed by atoms with van der Waals surface area (Å²) in [7, 11) is 0. The summed E-state index contributed by atoms with van der Waals surface area (Å²) in [6.45, 7) is 5.09. The zero-order valence-corrected chi connectivity index (χ0v) is 11.5. The highest BCUT2D eigenvalue weighted by Crippen LogP contribution is 2.27. The van der Waals surface area contributed by atoms with E-state index in [1.807, 2.05) is 6.07 Å². The summed E-state index contributed by atoms with van der Waals surface area (Å²) in [6.07, 6.45) is 0. The second-order valence-corrected chi connectivity index (χ2v) is 5.38. The third kappa shape index (κ3) is 3.57. The Morgan fingerprint density at radius 3 is 2.28 bits per heavy atom. The summed E-state index contributed by atoms with van der Waals surface area (Å²) >= 11 is 6.02. The Kier molecular flexibility index (Phi) is 4.91. The highest BCUT2D eigenvalue weighted by molar-refractivity contribution is 6.37. The van der Waals surface area contributed by atoms with Crippen LogP contribution in [0.1, 0.15) is 32.3 Å². The number of hydrogen-bond donors (Lipinski definition) is 0. The van der Waals surface area contributed by atoms with Crippen LogP contribution < -0.4 is 0 Å². The predicted octanol–water partition coefficient (Wildman–Crippen LogP) is 2.92. The number of halogens is 1. The van der Waals surface area contributed by atoms with Gasteiger partial charge in [-0.05, 0) is 26.3 Å². The molecule has 3 nitrogen and oxygen atoms in total. The number of carbonyl (C=O) groups is 2. The Morgan fingerprint density at radius 2 is 1.83 bits per heavy atom. The SMILES string of the molecule is CCOC(=O)C(C(=O)C(C)(C)Cl)c1ccccc1. The Balaban J connectivity index is 3.12. The molecular weight excluding hydrogens is 252 g/mol. The van der Waals surface area contributed by atoms with Crippen LogP contribution in [0.3, 0.4) is 0 Å². The van der Waals surface area contributed by atoms with Crippen LogP contribution in [-0.2, 0) is 14.3 Å². The lowest BCUT2D eigenvalue weighted by Gasteiger charge is -2.21. The smallest absolute Gasteiger partial charge is 0.321 e. The first-order chi connectivity index (χ1) is 8.38. The van der Waals surface area contributed by atoms with Gasteiger partial charge in [-0.25, -0.2) is 0 Å². The molecule has 0 aliphatic heterocycles. The van der Waals surface area contributed by atoms with Crippen molar-refractivity contribution in [3.8, 4) is 0 Å². The maximum Gasteiger partial charge on any atom is 0.321 e. The van der Waals surface area contributed by atoms with Crippen LogP contribution >= 0.6 is 11.6 Å². The van der Waals surface area contributed by atoms with Gasteiger partial charge in [-0.1, -0.05) is 30.3 Å². The quantitative estimate of drug-likeness (QED) is 0.468. The first-order valence-electron chi connectivity index (χ1n) is 5.82. The maximum absolute atomic E-state index is 12.2. The molecule has 0 spiro atoms. The number of rotatable bonds is 5. The molecule has 0 saturated heterocycles. The second-order valence-electron chi connectivity index (χ2n) is 4.43. The van der Waals surface area contributed by atoms with Crippen molar-refractivity contribution in [2.24, 2.45) is 0 Å². The van der Waals surface area contributed by atoms with E-state index in [9.17, 15) is 9.59 Å². The molecule has 0 aliphatic rings. The van der Waals surface area contributed by atoms with E-state index in [2.05, 4.69) is 0 Å². The Morgan fingerprint density at radius 1 is 1.28 bits per heavy atom. The van der Waals surface area contributed by atoms with E-state index in [4.69, 9.17) is 16.3 Å². The van der Waals surface area contributed by atoms with E-state index in [1.54, 1.807) is 45.0 Å². The minimum atomic E-state index is -1.10. The van der Waals surface area contributed by atoms with Gasteiger partial charge >= 0.3 is 5.97 Å². The van der Waals surface area contributed by atoms with Crippen molar-refractivity contribution >= 4 is 23.4 Å². The normalized spacial score (nSPS) is 12.9. The van der Waals surface area contributed by atoms with Gasteiger partial charge in [-0.2, -0.15) is 0 Å². The van der Waals surface area contributed by atoms with Gasteiger partial charge in [0.25, 0.3) is 0 Å². The summed E-state index contributed by atoms with van der Waals surface area (Å²) in [5, 5.41) is 0. The first kappa shape index (κ1) is 14.7. The Hall–Kier alpha value is -1.35. The summed E-state index contributed by atoms with van der Waals surface area (Å²) in [4.78, 5) is 23.1. The van der Waals surface area contributed by atoms with E-state index < -0.39 is 16.8 Å². The number of Topliss-reactive ketones (excluding diaryl/α,β-unsaturated/α-hetero) is 1. The number of ketones is 1. The third-order valence-corrected chi connectivity index (χ3v) is 2.69. The van der Waals surface area contributed by atoms with Crippen molar-refractivity contribution in [1.82, 2.24) is 0 Å². The number of esters is 1. The van der Waals surface area contributed by atoms with Gasteiger partial charge < -0.3 is 4.74 Å². The molecule has 0 fully saturated rings. The molecule has 1 atom stereocenters. The molecule has 0 amide bonds. The fraction of sp³-hybridized carbons (Fsp3) is 0.429. The number of benzene rings is 1. The molecule has 0 heterocycles. The zero-order valence-electron chi connectivity index (χ0n) is 10.8. The molecule has 0 radical (unpaired) electrons. The van der Waals surface area contributed by atoms with Gasteiger partial charge in [0.05, 0.1) is 11.5 Å². The van der Waals surface area contributed by atoms with Gasteiger partial charge in [0, 0.05) is 0 Å². The van der Waals surface area contributed by atoms with Gasteiger partial charge in [0.1, 0.15) is 5.92 Å². The van der Waals surface area contributed by atoms with Crippen LogP contribution in [0.4, 0.5) is 0 Å². The standard InChI is InChI=1S/C14H17ClO3/c1-4-18-13(17)11(12(16)14(2,3)15)10-8-6-5-7-9-10/h5-9,11H,4H2,1-3H3. The second kappa shape index (κ2) is 6.01. The van der Waals surface area contributed by atoms with E-state index in [-0.39, 0.29) is 12.4 Å². The number of hydrogen-bond acceptors (Lipinski definition) is 3. The molecule has 4 heteroatoms. The van der Waals surface area contributed by atoms with Crippen molar-refractivity contribution in [3.63, 3.8) is 0 Å². The number of ether oxygens (including phenoxy) is 1. The van der Waals surface area contributed by atoms with Crippen molar-refractivity contribution in [2.45, 2.75) is 31.6 Å². The average molecular weight is 269 g/mol. The summed E-state index contributed by atoms with van der Waals surface area (Å²) in [5.74, 6) is -1.87. The zero-order chi connectivity index (χ0) is 13.8. The highest BCUT2D eigenvalue weighted by atomic mass is 35.5. The largest absolute Gasteiger partial charge is 0.465 e. The molecule has 0 bridgehead atoms. The maximum atomic E-state index is 12.2. The highest BCUT2D eigenvalue weighted by Gasteiger charge is 2.38.